The molecule has 4 heteroatoms. The van der Waals surface area contributed by atoms with Gasteiger partial charge in [0.05, 0.1) is 0 Å². The molecule has 0 aliphatic carbocycles. The Hall–Kier alpha value is -0.160. The van der Waals surface area contributed by atoms with E-state index in [4.69, 9.17) is 11.5 Å². The van der Waals surface area contributed by atoms with Gasteiger partial charge in [-0.1, -0.05) is 13.8 Å². The molecule has 0 aliphatic heterocycles. The Morgan fingerprint density at radius 3 is 1.77 bits per heavy atom. The molecule has 0 spiro atoms. The van der Waals surface area contributed by atoms with Crippen LogP contribution in [0.5, 0.6) is 0 Å². The van der Waals surface area contributed by atoms with Crippen molar-refractivity contribution in [1.82, 2.24) is 10.0 Å². The number of hydrazine groups is 1. The number of hydrogen-bond acceptors (Lipinski definition) is 4. The third-order valence-electron chi connectivity index (χ3n) is 2.02. The molecular weight excluding hydrogens is 164 g/mol. The summed E-state index contributed by atoms with van der Waals surface area (Å²) in [6, 6.07) is 0. The van der Waals surface area contributed by atoms with E-state index in [1.807, 2.05) is 0 Å². The van der Waals surface area contributed by atoms with Crippen molar-refractivity contribution in [2.24, 2.45) is 11.5 Å². The lowest BCUT2D eigenvalue weighted by molar-refractivity contribution is -0.0154. The first-order valence-electron chi connectivity index (χ1n) is 5.20. The molecule has 4 nitrogen and oxygen atoms in total. The summed E-state index contributed by atoms with van der Waals surface area (Å²) in [5, 5.41) is 4.57. The van der Waals surface area contributed by atoms with E-state index in [1.54, 1.807) is 0 Å². The molecule has 0 aliphatic rings. The van der Waals surface area contributed by atoms with Crippen LogP contribution in [0, 0.1) is 0 Å². The van der Waals surface area contributed by atoms with Crippen LogP contribution in [0.25, 0.3) is 0 Å². The van der Waals surface area contributed by atoms with E-state index in [-0.39, 0.29) is 0 Å². The van der Waals surface area contributed by atoms with Crippen LogP contribution in [0.2, 0.25) is 0 Å². The minimum Gasteiger partial charge on any atom is -0.329 e. The van der Waals surface area contributed by atoms with Gasteiger partial charge in [0.1, 0.15) is 0 Å². The normalized spacial score (nSPS) is 11.5. The van der Waals surface area contributed by atoms with E-state index in [0.717, 1.165) is 32.6 Å². The van der Waals surface area contributed by atoms with Gasteiger partial charge in [0.15, 0.2) is 0 Å². The lowest BCUT2D eigenvalue weighted by Gasteiger charge is -2.33. The number of nitrogens with zero attached hydrogens (tertiary/aromatic N) is 2. The van der Waals surface area contributed by atoms with Gasteiger partial charge in [-0.15, -0.1) is 0 Å². The van der Waals surface area contributed by atoms with Crippen molar-refractivity contribution < 1.29 is 0 Å². The summed E-state index contributed by atoms with van der Waals surface area (Å²) in [7, 11) is 0. The van der Waals surface area contributed by atoms with E-state index in [2.05, 4.69) is 23.9 Å². The molecule has 0 heterocycles. The molecule has 0 aromatic rings. The third kappa shape index (κ3) is 5.21. The molecule has 0 amide bonds. The van der Waals surface area contributed by atoms with Gasteiger partial charge in [-0.25, -0.2) is 10.0 Å². The first-order chi connectivity index (χ1) is 6.29. The van der Waals surface area contributed by atoms with Gasteiger partial charge in [-0.05, 0) is 6.42 Å². The van der Waals surface area contributed by atoms with Crippen molar-refractivity contribution in [3.63, 3.8) is 0 Å². The van der Waals surface area contributed by atoms with Gasteiger partial charge in [0.2, 0.25) is 0 Å². The van der Waals surface area contributed by atoms with Crippen molar-refractivity contribution in [2.75, 3.05) is 39.3 Å². The Bertz CT molecular complexity index is 102. The number of hydrogen-bond donors (Lipinski definition) is 2. The maximum atomic E-state index is 5.55. The monoisotopic (exact) mass is 188 g/mol. The van der Waals surface area contributed by atoms with Gasteiger partial charge in [0, 0.05) is 39.3 Å². The Labute approximate surface area is 81.8 Å². The molecule has 0 bridgehead atoms. The summed E-state index contributed by atoms with van der Waals surface area (Å²) in [4.78, 5) is 0. The Morgan fingerprint density at radius 1 is 0.846 bits per heavy atom. The highest BCUT2D eigenvalue weighted by molar-refractivity contribution is 4.57. The highest BCUT2D eigenvalue weighted by Gasteiger charge is 2.10. The fourth-order valence-electron chi connectivity index (χ4n) is 1.45. The molecule has 0 radical (unpaired) electrons. The molecule has 80 valence electrons. The number of rotatable bonds is 8. The van der Waals surface area contributed by atoms with Crippen molar-refractivity contribution >= 4 is 0 Å². The largest absolute Gasteiger partial charge is 0.329 e. The Kier molecular flexibility index (Phi) is 8.33. The molecule has 13 heavy (non-hydrogen) atoms. The Morgan fingerprint density at radius 2 is 1.38 bits per heavy atom. The van der Waals surface area contributed by atoms with Crippen LogP contribution >= 0.6 is 0 Å². The first-order valence-corrected chi connectivity index (χ1v) is 5.20. The molecule has 0 saturated heterocycles. The van der Waals surface area contributed by atoms with Crippen LogP contribution in [0.1, 0.15) is 20.3 Å². The summed E-state index contributed by atoms with van der Waals surface area (Å²) in [5.41, 5.74) is 11.1. The average molecular weight is 188 g/mol. The second-order valence-electron chi connectivity index (χ2n) is 3.08. The van der Waals surface area contributed by atoms with Gasteiger partial charge in [-0.2, -0.15) is 0 Å². The molecule has 0 fully saturated rings. The summed E-state index contributed by atoms with van der Waals surface area (Å²) >= 11 is 0. The van der Waals surface area contributed by atoms with Crippen LogP contribution in [-0.4, -0.2) is 49.3 Å². The lowest BCUT2D eigenvalue weighted by atomic mass is 10.4. The fourth-order valence-corrected chi connectivity index (χ4v) is 1.45. The summed E-state index contributed by atoms with van der Waals surface area (Å²) in [6.45, 7) is 9.69. The topological polar surface area (TPSA) is 58.5 Å². The van der Waals surface area contributed by atoms with Crippen LogP contribution in [-0.2, 0) is 0 Å². The minimum absolute atomic E-state index is 0.707. The highest BCUT2D eigenvalue weighted by atomic mass is 15.6. The van der Waals surface area contributed by atoms with Gasteiger partial charge in [0.25, 0.3) is 0 Å². The minimum atomic E-state index is 0.707. The quantitative estimate of drug-likeness (QED) is 0.520. The Balaban J connectivity index is 3.94. The summed E-state index contributed by atoms with van der Waals surface area (Å²) in [6.07, 6.45) is 1.15. The van der Waals surface area contributed by atoms with Crippen molar-refractivity contribution in [2.45, 2.75) is 20.3 Å². The molecular formula is C9H24N4. The second-order valence-corrected chi connectivity index (χ2v) is 3.08. The predicted octanol–water partition coefficient (Wildman–Crippen LogP) is -0.147. The number of nitrogens with two attached hydrogens (primary N) is 2. The van der Waals surface area contributed by atoms with Crippen molar-refractivity contribution in [1.29, 1.82) is 0 Å². The summed E-state index contributed by atoms with van der Waals surface area (Å²) < 4.78 is 0. The molecule has 0 aromatic heterocycles. The molecule has 4 N–H and O–H groups in total. The van der Waals surface area contributed by atoms with Crippen LogP contribution in [0.3, 0.4) is 0 Å². The van der Waals surface area contributed by atoms with Crippen molar-refractivity contribution in [3.8, 4) is 0 Å². The van der Waals surface area contributed by atoms with E-state index in [9.17, 15) is 0 Å². The molecule has 0 aromatic carbocycles. The van der Waals surface area contributed by atoms with E-state index >= 15 is 0 Å². The van der Waals surface area contributed by atoms with E-state index in [0.29, 0.717) is 13.1 Å². The van der Waals surface area contributed by atoms with Crippen LogP contribution in [0.4, 0.5) is 0 Å². The smallest absolute Gasteiger partial charge is 0.0256 e. The van der Waals surface area contributed by atoms with E-state index < -0.39 is 0 Å². The zero-order valence-corrected chi connectivity index (χ0v) is 9.00. The number of likely N-dealkylation sites (N-methyl/N-ethyl adjacent to an activating group) is 1. The highest BCUT2D eigenvalue weighted by Crippen LogP contribution is 1.97. The van der Waals surface area contributed by atoms with Crippen LogP contribution in [0.15, 0.2) is 0 Å². The average Bonchev–Trinajstić information content (AvgIpc) is 2.14. The van der Waals surface area contributed by atoms with Gasteiger partial charge in [-0.3, -0.25) is 0 Å². The maximum Gasteiger partial charge on any atom is 0.0256 e. The third-order valence-corrected chi connectivity index (χ3v) is 2.02. The zero-order chi connectivity index (χ0) is 10.1. The molecule has 0 saturated carbocycles. The molecule has 0 rings (SSSR count). The standard InChI is InChI=1S/C9H24N4/c1-3-7-13(9-6-11)12(4-2)8-5-10/h3-11H2,1-2H3. The van der Waals surface area contributed by atoms with Crippen LogP contribution < -0.4 is 11.5 Å². The zero-order valence-electron chi connectivity index (χ0n) is 9.00. The summed E-state index contributed by atoms with van der Waals surface area (Å²) in [5.74, 6) is 0. The van der Waals surface area contributed by atoms with Gasteiger partial charge >= 0.3 is 0 Å². The van der Waals surface area contributed by atoms with Crippen molar-refractivity contribution in [3.05, 3.63) is 0 Å². The SMILES string of the molecule is CCCN(CCN)N(CC)CCN. The fraction of sp³-hybridized carbons (Fsp3) is 1.00. The molecule has 0 atom stereocenters. The first kappa shape index (κ1) is 12.8. The molecule has 0 unspecified atom stereocenters. The van der Waals surface area contributed by atoms with Gasteiger partial charge < -0.3 is 11.5 Å². The predicted molar refractivity (Wildman–Crippen MR) is 57.2 cm³/mol. The lowest BCUT2D eigenvalue weighted by Crippen LogP contribution is -2.47. The maximum absolute atomic E-state index is 5.55. The second kappa shape index (κ2) is 8.44. The van der Waals surface area contributed by atoms with E-state index in [1.165, 1.54) is 0 Å².